The second kappa shape index (κ2) is 4.50. The fraction of sp³-hybridized carbons (Fsp3) is 0.571. The molecule has 1 aromatic rings. The molecule has 1 heterocycles. The van der Waals surface area contributed by atoms with Crippen molar-refractivity contribution in [3.8, 4) is 5.75 Å². The summed E-state index contributed by atoms with van der Waals surface area (Å²) in [6.07, 6.45) is -2.61. The number of fused-ring (bicyclic) bond motifs is 1. The Morgan fingerprint density at radius 3 is 2.78 bits per heavy atom. The van der Waals surface area contributed by atoms with Crippen LogP contribution in [-0.4, -0.2) is 11.7 Å². The monoisotopic (exact) mass is 256 g/mol. The topological polar surface area (TPSA) is 18.5 Å². The quantitative estimate of drug-likeness (QED) is 0.813. The van der Waals surface area contributed by atoms with Crippen LogP contribution >= 0.6 is 0 Å². The molecule has 2 nitrogen and oxygen atoms in total. The first-order valence-electron chi connectivity index (χ1n) is 6.14. The molecule has 0 saturated carbocycles. The summed E-state index contributed by atoms with van der Waals surface area (Å²) in [6.45, 7) is 5.24. The van der Waals surface area contributed by atoms with Gasteiger partial charge in [-0.15, -0.1) is 0 Å². The van der Waals surface area contributed by atoms with Gasteiger partial charge in [0.15, 0.2) is 0 Å². The van der Waals surface area contributed by atoms with Gasteiger partial charge in [0.25, 0.3) is 0 Å². The number of benzene rings is 1. The van der Waals surface area contributed by atoms with E-state index in [4.69, 9.17) is 4.74 Å². The van der Waals surface area contributed by atoms with Crippen LogP contribution < -0.4 is 4.74 Å². The molecule has 0 aromatic heterocycles. The number of para-hydroxylation sites is 1. The van der Waals surface area contributed by atoms with E-state index in [1.807, 2.05) is 26.0 Å². The summed E-state index contributed by atoms with van der Waals surface area (Å²) in [5.41, 5.74) is 1.47. The maximum atomic E-state index is 13.1. The molecule has 2 rings (SSSR count). The van der Waals surface area contributed by atoms with E-state index < -0.39 is 6.11 Å². The number of alkyl halides is 2. The Morgan fingerprint density at radius 2 is 2.11 bits per heavy atom. The van der Waals surface area contributed by atoms with Crippen molar-refractivity contribution in [3.63, 3.8) is 0 Å². The first-order chi connectivity index (χ1) is 8.33. The first-order valence-corrected chi connectivity index (χ1v) is 6.14. The fourth-order valence-electron chi connectivity index (χ4n) is 2.08. The van der Waals surface area contributed by atoms with Crippen molar-refractivity contribution in [2.24, 2.45) is 0 Å². The number of hydrogen-bond acceptors (Lipinski definition) is 2. The molecule has 0 fully saturated rings. The summed E-state index contributed by atoms with van der Waals surface area (Å²) >= 11 is 0. The first kappa shape index (κ1) is 13.3. The van der Waals surface area contributed by atoms with Gasteiger partial charge in [0.05, 0.1) is 6.61 Å². The van der Waals surface area contributed by atoms with Crippen LogP contribution in [0.15, 0.2) is 18.2 Å². The van der Waals surface area contributed by atoms with Crippen LogP contribution in [0.5, 0.6) is 5.75 Å². The molecule has 1 aromatic carbocycles. The zero-order valence-corrected chi connectivity index (χ0v) is 10.9. The zero-order valence-electron chi connectivity index (χ0n) is 10.9. The maximum Gasteiger partial charge on any atom is 0.355 e. The van der Waals surface area contributed by atoms with Crippen LogP contribution in [0.4, 0.5) is 8.78 Å². The Bertz CT molecular complexity index is 441. The molecule has 0 amide bonds. The van der Waals surface area contributed by atoms with Crippen molar-refractivity contribution >= 4 is 0 Å². The lowest BCUT2D eigenvalue weighted by molar-refractivity contribution is -0.246. The van der Waals surface area contributed by atoms with Gasteiger partial charge in [-0.25, -0.2) is 0 Å². The lowest BCUT2D eigenvalue weighted by atomic mass is 10.0. The minimum absolute atomic E-state index is 0.125. The van der Waals surface area contributed by atoms with Crippen LogP contribution in [0.2, 0.25) is 0 Å². The summed E-state index contributed by atoms with van der Waals surface area (Å²) in [5.74, 6) is 0.703. The van der Waals surface area contributed by atoms with Crippen LogP contribution in [0.1, 0.15) is 38.3 Å². The molecule has 1 aliphatic rings. The van der Waals surface area contributed by atoms with Crippen molar-refractivity contribution in [3.05, 3.63) is 29.3 Å². The second-order valence-corrected chi connectivity index (χ2v) is 5.22. The Morgan fingerprint density at radius 1 is 1.39 bits per heavy atom. The predicted octanol–water partition coefficient (Wildman–Crippen LogP) is 3.92. The van der Waals surface area contributed by atoms with E-state index in [9.17, 15) is 8.78 Å². The Kier molecular flexibility index (Phi) is 3.32. The molecular weight excluding hydrogens is 238 g/mol. The van der Waals surface area contributed by atoms with E-state index in [0.717, 1.165) is 12.0 Å². The lowest BCUT2D eigenvalue weighted by Crippen LogP contribution is -2.25. The normalized spacial score (nSPS) is 17.4. The summed E-state index contributed by atoms with van der Waals surface area (Å²) in [7, 11) is 0. The SMILES string of the molecule is CCC(F)(F)OCc1cccc2c1OC(C)(C)C2. The van der Waals surface area contributed by atoms with Gasteiger partial charge in [0, 0.05) is 18.4 Å². The number of ether oxygens (including phenoxy) is 2. The highest BCUT2D eigenvalue weighted by Crippen LogP contribution is 2.38. The molecule has 0 saturated heterocycles. The van der Waals surface area contributed by atoms with Gasteiger partial charge in [-0.2, -0.15) is 8.78 Å². The molecule has 100 valence electrons. The summed E-state index contributed by atoms with van der Waals surface area (Å²) < 4.78 is 36.6. The van der Waals surface area contributed by atoms with Gasteiger partial charge >= 0.3 is 6.11 Å². The van der Waals surface area contributed by atoms with Crippen molar-refractivity contribution in [2.45, 2.75) is 51.9 Å². The molecule has 1 aliphatic heterocycles. The highest BCUT2D eigenvalue weighted by Gasteiger charge is 2.33. The van der Waals surface area contributed by atoms with E-state index in [2.05, 4.69) is 4.74 Å². The Balaban J connectivity index is 2.15. The predicted molar refractivity (Wildman–Crippen MR) is 64.9 cm³/mol. The average molecular weight is 256 g/mol. The molecule has 0 bridgehead atoms. The van der Waals surface area contributed by atoms with Crippen LogP contribution in [0.25, 0.3) is 0 Å². The molecule has 0 aliphatic carbocycles. The minimum atomic E-state index is -3.07. The summed E-state index contributed by atoms with van der Waals surface area (Å²) in [4.78, 5) is 0. The maximum absolute atomic E-state index is 13.1. The standard InChI is InChI=1S/C14H18F2O2/c1-4-14(15,16)17-9-11-7-5-6-10-8-13(2,3)18-12(10)11/h5-7H,4,8-9H2,1-3H3. The minimum Gasteiger partial charge on any atom is -0.487 e. The molecule has 0 spiro atoms. The molecule has 18 heavy (non-hydrogen) atoms. The second-order valence-electron chi connectivity index (χ2n) is 5.22. The molecule has 0 atom stereocenters. The van der Waals surface area contributed by atoms with Crippen LogP contribution in [0.3, 0.4) is 0 Å². The third-order valence-electron chi connectivity index (χ3n) is 3.02. The van der Waals surface area contributed by atoms with E-state index in [1.165, 1.54) is 6.92 Å². The zero-order chi connectivity index (χ0) is 13.4. The largest absolute Gasteiger partial charge is 0.487 e. The molecule has 4 heteroatoms. The third kappa shape index (κ3) is 2.80. The van der Waals surface area contributed by atoms with E-state index in [1.54, 1.807) is 6.07 Å². The molecule has 0 radical (unpaired) electrons. The van der Waals surface area contributed by atoms with Gasteiger partial charge in [-0.05, 0) is 19.4 Å². The Labute approximate surface area is 106 Å². The van der Waals surface area contributed by atoms with Gasteiger partial charge in [-0.3, -0.25) is 0 Å². The molecular formula is C14H18F2O2. The van der Waals surface area contributed by atoms with Gasteiger partial charge in [0.2, 0.25) is 0 Å². The number of rotatable bonds is 4. The van der Waals surface area contributed by atoms with Crippen molar-refractivity contribution < 1.29 is 18.3 Å². The average Bonchev–Trinajstić information content (AvgIpc) is 2.60. The van der Waals surface area contributed by atoms with E-state index >= 15 is 0 Å². The highest BCUT2D eigenvalue weighted by atomic mass is 19.3. The van der Waals surface area contributed by atoms with Gasteiger partial charge < -0.3 is 9.47 Å². The highest BCUT2D eigenvalue weighted by molar-refractivity contribution is 5.45. The van der Waals surface area contributed by atoms with Gasteiger partial charge in [-0.1, -0.05) is 25.1 Å². The fourth-order valence-corrected chi connectivity index (χ4v) is 2.08. The number of halogens is 2. The van der Waals surface area contributed by atoms with Crippen molar-refractivity contribution in [1.82, 2.24) is 0 Å². The number of hydrogen-bond donors (Lipinski definition) is 0. The van der Waals surface area contributed by atoms with Crippen molar-refractivity contribution in [1.29, 1.82) is 0 Å². The molecule has 0 unspecified atom stereocenters. The van der Waals surface area contributed by atoms with Gasteiger partial charge in [0.1, 0.15) is 11.4 Å². The lowest BCUT2D eigenvalue weighted by Gasteiger charge is -2.19. The third-order valence-corrected chi connectivity index (χ3v) is 3.02. The van der Waals surface area contributed by atoms with E-state index in [0.29, 0.717) is 11.3 Å². The summed E-state index contributed by atoms with van der Waals surface area (Å²) in [5, 5.41) is 0. The summed E-state index contributed by atoms with van der Waals surface area (Å²) in [6, 6.07) is 5.59. The van der Waals surface area contributed by atoms with Crippen molar-refractivity contribution in [2.75, 3.05) is 0 Å². The Hall–Kier alpha value is -1.16. The van der Waals surface area contributed by atoms with E-state index in [-0.39, 0.29) is 18.6 Å². The molecule has 0 N–H and O–H groups in total. The smallest absolute Gasteiger partial charge is 0.355 e. The van der Waals surface area contributed by atoms with Crippen LogP contribution in [-0.2, 0) is 17.8 Å². The van der Waals surface area contributed by atoms with Crippen LogP contribution in [0, 0.1) is 0 Å².